The molecule has 0 heteroatoms. The van der Waals surface area contributed by atoms with Crippen LogP contribution in [0.1, 0.15) is 57.8 Å². The molecule has 0 N–H and O–H groups in total. The van der Waals surface area contributed by atoms with Crippen LogP contribution in [-0.2, 0) is 0 Å². The normalized spacial score (nSPS) is 26.9. The SMILES string of the molecule is [CH2]/C1=C/CCCCCCCCC1. The minimum absolute atomic E-state index is 1.24. The summed E-state index contributed by atoms with van der Waals surface area (Å²) in [5, 5.41) is 0. The molecule has 0 aromatic heterocycles. The first kappa shape index (κ1) is 9.83. The van der Waals surface area contributed by atoms with Gasteiger partial charge >= 0.3 is 0 Å². The predicted octanol–water partition coefficient (Wildman–Crippen LogP) is 4.27. The minimum Gasteiger partial charge on any atom is -0.0853 e. The Morgan fingerprint density at radius 2 is 1.42 bits per heavy atom. The number of hydrogen-bond acceptors (Lipinski definition) is 0. The second kappa shape index (κ2) is 6.28. The van der Waals surface area contributed by atoms with Crippen molar-refractivity contribution in [1.29, 1.82) is 0 Å². The summed E-state index contributed by atoms with van der Waals surface area (Å²) in [7, 11) is 0. The molecular formula is C12H21. The van der Waals surface area contributed by atoms with Crippen molar-refractivity contribution in [1.82, 2.24) is 0 Å². The maximum Gasteiger partial charge on any atom is -0.0283 e. The molecule has 1 aliphatic rings. The van der Waals surface area contributed by atoms with Crippen molar-refractivity contribution in [3.63, 3.8) is 0 Å². The molecule has 0 spiro atoms. The van der Waals surface area contributed by atoms with Gasteiger partial charge in [-0.05, 0) is 32.6 Å². The van der Waals surface area contributed by atoms with Gasteiger partial charge in [-0.15, -0.1) is 0 Å². The highest BCUT2D eigenvalue weighted by molar-refractivity contribution is 5.04. The van der Waals surface area contributed by atoms with E-state index < -0.39 is 0 Å². The van der Waals surface area contributed by atoms with E-state index in [1.54, 1.807) is 0 Å². The highest BCUT2D eigenvalue weighted by atomic mass is 14.0. The summed E-state index contributed by atoms with van der Waals surface area (Å²) in [6, 6.07) is 0. The van der Waals surface area contributed by atoms with Crippen molar-refractivity contribution in [3.8, 4) is 0 Å². The zero-order valence-corrected chi connectivity index (χ0v) is 8.15. The molecule has 1 rings (SSSR count). The Bertz CT molecular complexity index is 133. The maximum absolute atomic E-state index is 4.06. The van der Waals surface area contributed by atoms with Crippen LogP contribution < -0.4 is 0 Å². The highest BCUT2D eigenvalue weighted by Crippen LogP contribution is 2.15. The lowest BCUT2D eigenvalue weighted by Gasteiger charge is -1.99. The quantitative estimate of drug-likeness (QED) is 0.503. The second-order valence-electron chi connectivity index (χ2n) is 3.88. The van der Waals surface area contributed by atoms with Gasteiger partial charge in [-0.3, -0.25) is 0 Å². The van der Waals surface area contributed by atoms with Gasteiger partial charge in [0.05, 0.1) is 0 Å². The summed E-state index contributed by atoms with van der Waals surface area (Å²) >= 11 is 0. The third-order valence-corrected chi connectivity index (χ3v) is 2.64. The first-order valence-electron chi connectivity index (χ1n) is 5.40. The van der Waals surface area contributed by atoms with Crippen molar-refractivity contribution in [3.05, 3.63) is 18.6 Å². The molecule has 0 bridgehead atoms. The number of hydrogen-bond donors (Lipinski definition) is 0. The molecule has 1 radical (unpaired) electrons. The second-order valence-corrected chi connectivity index (χ2v) is 3.88. The Balaban J connectivity index is 2.25. The van der Waals surface area contributed by atoms with Crippen LogP contribution in [0.2, 0.25) is 0 Å². The molecule has 0 amide bonds. The Labute approximate surface area is 77.1 Å². The van der Waals surface area contributed by atoms with Crippen LogP contribution in [0.15, 0.2) is 11.6 Å². The lowest BCUT2D eigenvalue weighted by Crippen LogP contribution is -1.80. The maximum atomic E-state index is 4.06. The van der Waals surface area contributed by atoms with Crippen LogP contribution in [0.4, 0.5) is 0 Å². The molecule has 0 unspecified atom stereocenters. The van der Waals surface area contributed by atoms with Crippen LogP contribution in [0, 0.1) is 6.92 Å². The predicted molar refractivity (Wildman–Crippen MR) is 55.0 cm³/mol. The molecule has 0 aliphatic heterocycles. The van der Waals surface area contributed by atoms with Crippen LogP contribution in [0.25, 0.3) is 0 Å². The Morgan fingerprint density at radius 3 is 2.17 bits per heavy atom. The first-order valence-corrected chi connectivity index (χ1v) is 5.40. The smallest absolute Gasteiger partial charge is 0.0283 e. The van der Waals surface area contributed by atoms with Crippen molar-refractivity contribution in [2.45, 2.75) is 57.8 Å². The van der Waals surface area contributed by atoms with E-state index in [1.165, 1.54) is 63.4 Å². The molecular weight excluding hydrogens is 144 g/mol. The molecule has 0 nitrogen and oxygen atoms in total. The molecule has 0 fully saturated rings. The summed E-state index contributed by atoms with van der Waals surface area (Å²) in [5.41, 5.74) is 1.37. The number of allylic oxidation sites excluding steroid dienone is 2. The van der Waals surface area contributed by atoms with Crippen molar-refractivity contribution >= 4 is 0 Å². The summed E-state index contributed by atoms with van der Waals surface area (Å²) in [5.74, 6) is 0. The molecule has 0 heterocycles. The lowest BCUT2D eigenvalue weighted by molar-refractivity contribution is 0.588. The van der Waals surface area contributed by atoms with Crippen LogP contribution >= 0.6 is 0 Å². The third kappa shape index (κ3) is 4.58. The van der Waals surface area contributed by atoms with Gasteiger partial charge in [0.25, 0.3) is 0 Å². The van der Waals surface area contributed by atoms with E-state index in [1.807, 2.05) is 0 Å². The fourth-order valence-electron chi connectivity index (χ4n) is 1.79. The van der Waals surface area contributed by atoms with E-state index in [0.717, 1.165) is 0 Å². The molecule has 69 valence electrons. The van der Waals surface area contributed by atoms with E-state index in [2.05, 4.69) is 13.0 Å². The molecule has 0 saturated heterocycles. The van der Waals surface area contributed by atoms with E-state index in [9.17, 15) is 0 Å². The van der Waals surface area contributed by atoms with Crippen molar-refractivity contribution < 1.29 is 0 Å². The van der Waals surface area contributed by atoms with Gasteiger partial charge < -0.3 is 0 Å². The Morgan fingerprint density at radius 1 is 0.833 bits per heavy atom. The monoisotopic (exact) mass is 165 g/mol. The average molecular weight is 165 g/mol. The molecule has 0 aromatic carbocycles. The topological polar surface area (TPSA) is 0 Å². The fraction of sp³-hybridized carbons (Fsp3) is 0.750. The minimum atomic E-state index is 1.24. The van der Waals surface area contributed by atoms with E-state index in [4.69, 9.17) is 0 Å². The zero-order chi connectivity index (χ0) is 8.65. The Hall–Kier alpha value is -0.260. The molecule has 0 atom stereocenters. The zero-order valence-electron chi connectivity index (χ0n) is 8.15. The molecule has 1 aliphatic carbocycles. The van der Waals surface area contributed by atoms with E-state index >= 15 is 0 Å². The summed E-state index contributed by atoms with van der Waals surface area (Å²) in [6.07, 6.45) is 14.7. The van der Waals surface area contributed by atoms with Gasteiger partial charge in [-0.25, -0.2) is 0 Å². The molecule has 12 heavy (non-hydrogen) atoms. The standard InChI is InChI=1S/C12H21/c1-12-10-8-6-4-2-3-5-7-9-11-12/h10H,1-9,11H2/b12-10-. The van der Waals surface area contributed by atoms with Crippen molar-refractivity contribution in [2.75, 3.05) is 0 Å². The van der Waals surface area contributed by atoms with Crippen LogP contribution in [-0.4, -0.2) is 0 Å². The lowest BCUT2D eigenvalue weighted by atomic mass is 10.1. The van der Waals surface area contributed by atoms with Gasteiger partial charge in [0, 0.05) is 0 Å². The Kier molecular flexibility index (Phi) is 5.14. The third-order valence-electron chi connectivity index (χ3n) is 2.64. The van der Waals surface area contributed by atoms with Gasteiger partial charge in [-0.2, -0.15) is 0 Å². The van der Waals surface area contributed by atoms with Gasteiger partial charge in [0.1, 0.15) is 0 Å². The average Bonchev–Trinajstić information content (AvgIpc) is 2.11. The molecule has 0 saturated carbocycles. The highest BCUT2D eigenvalue weighted by Gasteiger charge is 1.96. The van der Waals surface area contributed by atoms with Gasteiger partial charge in [0.15, 0.2) is 0 Å². The summed E-state index contributed by atoms with van der Waals surface area (Å²) in [6.45, 7) is 4.06. The summed E-state index contributed by atoms with van der Waals surface area (Å²) < 4.78 is 0. The van der Waals surface area contributed by atoms with E-state index in [0.29, 0.717) is 0 Å². The van der Waals surface area contributed by atoms with Crippen molar-refractivity contribution in [2.24, 2.45) is 0 Å². The van der Waals surface area contributed by atoms with E-state index in [-0.39, 0.29) is 0 Å². The van der Waals surface area contributed by atoms with Crippen LogP contribution in [0.5, 0.6) is 0 Å². The summed E-state index contributed by atoms with van der Waals surface area (Å²) in [4.78, 5) is 0. The molecule has 0 aromatic rings. The largest absolute Gasteiger partial charge is 0.0853 e. The number of rotatable bonds is 0. The fourth-order valence-corrected chi connectivity index (χ4v) is 1.79. The van der Waals surface area contributed by atoms with Gasteiger partial charge in [-0.1, -0.05) is 43.8 Å². The van der Waals surface area contributed by atoms with Crippen LogP contribution in [0.3, 0.4) is 0 Å². The van der Waals surface area contributed by atoms with Gasteiger partial charge in [0.2, 0.25) is 0 Å². The first-order chi connectivity index (χ1) is 5.89.